The number of rotatable bonds is 11. The molecule has 0 spiro atoms. The molecule has 33 heavy (non-hydrogen) atoms. The van der Waals surface area contributed by atoms with Crippen LogP contribution in [0.3, 0.4) is 0 Å². The third-order valence-electron chi connectivity index (χ3n) is 5.51. The monoisotopic (exact) mass is 502 g/mol. The molecule has 0 bridgehead atoms. The van der Waals surface area contributed by atoms with Gasteiger partial charge in [0, 0.05) is 16.2 Å². The molecule has 4 N–H and O–H groups in total. The van der Waals surface area contributed by atoms with Gasteiger partial charge in [0.15, 0.2) is 0 Å². The fourth-order valence-electron chi connectivity index (χ4n) is 3.40. The maximum atomic E-state index is 6.99. The van der Waals surface area contributed by atoms with E-state index >= 15 is 0 Å². The van der Waals surface area contributed by atoms with Gasteiger partial charge in [-0.3, -0.25) is 5.41 Å². The van der Waals surface area contributed by atoms with Crippen LogP contribution in [0.15, 0.2) is 17.1 Å². The number of ether oxygens (including phenoxy) is 1. The molecule has 0 aliphatic carbocycles. The van der Waals surface area contributed by atoms with Crippen molar-refractivity contribution < 1.29 is 14.0 Å². The number of nitrogens with one attached hydrogen (secondary N) is 2. The van der Waals surface area contributed by atoms with E-state index in [0.717, 1.165) is 35.4 Å². The summed E-state index contributed by atoms with van der Waals surface area (Å²) in [5.74, 6) is 0.294. The summed E-state index contributed by atoms with van der Waals surface area (Å²) in [6, 6.07) is 3.80. The van der Waals surface area contributed by atoms with Gasteiger partial charge in [0.1, 0.15) is 18.8 Å². The fourth-order valence-corrected chi connectivity index (χ4v) is 6.15. The van der Waals surface area contributed by atoms with E-state index < -0.39 is 10.3 Å². The van der Waals surface area contributed by atoms with E-state index in [9.17, 15) is 0 Å². The van der Waals surface area contributed by atoms with Gasteiger partial charge in [-0.2, -0.15) is 16.1 Å². The van der Waals surface area contributed by atoms with E-state index in [1.807, 2.05) is 23.9 Å². The van der Waals surface area contributed by atoms with Crippen LogP contribution in [0.5, 0.6) is 0 Å². The number of aromatic nitrogens is 1. The Bertz CT molecular complexity index is 721. The summed E-state index contributed by atoms with van der Waals surface area (Å²) in [6.07, 6.45) is 4.93. The Labute approximate surface area is 207 Å². The molecule has 2 atom stereocenters. The number of aromatic amines is 1. The molecular weight excluding hydrogens is 456 g/mol. The highest BCUT2D eigenvalue weighted by Gasteiger charge is 2.31. The first-order chi connectivity index (χ1) is 15.4. The molecule has 0 radical (unpaired) electrons. The van der Waals surface area contributed by atoms with Crippen LogP contribution in [0.4, 0.5) is 0 Å². The lowest BCUT2D eigenvalue weighted by Gasteiger charge is -2.41. The highest BCUT2D eigenvalue weighted by Crippen LogP contribution is 2.54. The van der Waals surface area contributed by atoms with Crippen LogP contribution in [-0.2, 0) is 14.0 Å². The van der Waals surface area contributed by atoms with E-state index in [2.05, 4.69) is 71.6 Å². The minimum absolute atomic E-state index is 0.0148. The molecule has 1 aromatic heterocycles. The predicted octanol–water partition coefficient (Wildman–Crippen LogP) is 6.20. The first-order valence-corrected chi connectivity index (χ1v) is 14.8. The molecule has 0 aromatic carbocycles. The van der Waals surface area contributed by atoms with Crippen LogP contribution in [0.1, 0.15) is 85.7 Å². The van der Waals surface area contributed by atoms with Gasteiger partial charge in [0.2, 0.25) is 0 Å². The van der Waals surface area contributed by atoms with E-state index in [1.165, 1.54) is 0 Å². The second-order valence-corrected chi connectivity index (χ2v) is 15.6. The molecule has 7 nitrogen and oxygen atoms in total. The maximum absolute atomic E-state index is 6.99. The number of nitrogens with zero attached hydrogens (tertiary/aromatic N) is 1. The minimum atomic E-state index is -1.27. The lowest BCUT2D eigenvalue weighted by Crippen LogP contribution is -2.24. The van der Waals surface area contributed by atoms with E-state index in [0.29, 0.717) is 28.6 Å². The zero-order valence-electron chi connectivity index (χ0n) is 21.9. The fraction of sp³-hybridized carbons (Fsp3) is 0.750. The molecule has 192 valence electrons. The Morgan fingerprint density at radius 3 is 2.27 bits per heavy atom. The zero-order valence-corrected chi connectivity index (χ0v) is 23.5. The molecule has 1 aliphatic rings. The molecule has 1 aromatic rings. The smallest absolute Gasteiger partial charge is 0.148 e. The average molecular weight is 503 g/mol. The molecule has 2 rings (SSSR count). The number of thioether (sulfide) groups is 1. The second kappa shape index (κ2) is 14.4. The SMILES string of the molecule is CC(C)S(C)(OOCC1CCC(c2ccc(C(N)=NC=N)[nH]2)O1)C(C)C.CC(C)SC(C)C. The Morgan fingerprint density at radius 2 is 1.79 bits per heavy atom. The van der Waals surface area contributed by atoms with Crippen molar-refractivity contribution in [2.24, 2.45) is 10.7 Å². The highest BCUT2D eigenvalue weighted by atomic mass is 32.3. The molecule has 1 aliphatic heterocycles. The summed E-state index contributed by atoms with van der Waals surface area (Å²) in [7, 11) is -1.27. The van der Waals surface area contributed by atoms with Gasteiger partial charge in [0.05, 0.1) is 17.9 Å². The van der Waals surface area contributed by atoms with Crippen LogP contribution in [-0.4, -0.2) is 57.1 Å². The summed E-state index contributed by atoms with van der Waals surface area (Å²) in [4.78, 5) is 12.6. The van der Waals surface area contributed by atoms with Crippen molar-refractivity contribution in [2.45, 2.75) is 101 Å². The molecular formula is C24H46N4O3S2. The molecule has 2 heterocycles. The van der Waals surface area contributed by atoms with Gasteiger partial charge in [0.25, 0.3) is 0 Å². The third kappa shape index (κ3) is 10.0. The Morgan fingerprint density at radius 1 is 1.18 bits per heavy atom. The van der Waals surface area contributed by atoms with Gasteiger partial charge >= 0.3 is 0 Å². The minimum Gasteiger partial charge on any atom is -0.382 e. The van der Waals surface area contributed by atoms with Gasteiger partial charge in [-0.05, 0) is 41.7 Å². The number of nitrogens with two attached hydrogens (primary N) is 1. The molecule has 1 saturated heterocycles. The molecule has 0 saturated carbocycles. The van der Waals surface area contributed by atoms with E-state index in [4.69, 9.17) is 25.1 Å². The number of aliphatic imine (C=N–C) groups is 1. The first-order valence-electron chi connectivity index (χ1n) is 11.8. The Balaban J connectivity index is 0.000000675. The molecule has 0 amide bonds. The van der Waals surface area contributed by atoms with Gasteiger partial charge < -0.3 is 15.5 Å². The van der Waals surface area contributed by atoms with Crippen molar-refractivity contribution in [3.8, 4) is 0 Å². The highest BCUT2D eigenvalue weighted by molar-refractivity contribution is 8.30. The first kappa shape index (κ1) is 30.0. The van der Waals surface area contributed by atoms with Crippen molar-refractivity contribution in [3.05, 3.63) is 23.5 Å². The topological polar surface area (TPSA) is 106 Å². The standard InChI is InChI=1S/C18H32N4O3S.C6H14S/c1-12(2)26(5,13(3)4)25-23-10-14-6-9-17(24-14)15-7-8-16(22-15)18(20)21-11-19;1-5(2)7-6(3)4/h7-8,11-14,17,22H,6,9-10H2,1-5H3,(H3,19,20,21);5-6H,1-4H3. The van der Waals surface area contributed by atoms with Crippen LogP contribution in [0.2, 0.25) is 0 Å². The Hall–Kier alpha value is -1.00. The second-order valence-electron chi connectivity index (χ2n) is 9.45. The van der Waals surface area contributed by atoms with Crippen molar-refractivity contribution in [3.63, 3.8) is 0 Å². The Kier molecular flexibility index (Phi) is 13.1. The van der Waals surface area contributed by atoms with Gasteiger partial charge in [-0.15, -0.1) is 0 Å². The van der Waals surface area contributed by atoms with Crippen molar-refractivity contribution in [1.82, 2.24) is 4.98 Å². The molecule has 1 fully saturated rings. The summed E-state index contributed by atoms with van der Waals surface area (Å²) < 4.78 is 11.9. The number of hydrogen-bond donors (Lipinski definition) is 3. The van der Waals surface area contributed by atoms with Crippen LogP contribution in [0, 0.1) is 5.41 Å². The van der Waals surface area contributed by atoms with Crippen molar-refractivity contribution >= 4 is 34.2 Å². The van der Waals surface area contributed by atoms with Crippen LogP contribution in [0.25, 0.3) is 0 Å². The lowest BCUT2D eigenvalue weighted by molar-refractivity contribution is -0.219. The largest absolute Gasteiger partial charge is 0.382 e. The van der Waals surface area contributed by atoms with E-state index in [1.54, 1.807) is 0 Å². The third-order valence-corrected chi connectivity index (χ3v) is 10.7. The zero-order chi connectivity index (χ0) is 25.2. The van der Waals surface area contributed by atoms with Crippen LogP contribution < -0.4 is 5.73 Å². The maximum Gasteiger partial charge on any atom is 0.148 e. The molecule has 2 unspecified atom stereocenters. The average Bonchev–Trinajstić information content (AvgIpc) is 3.36. The molecule has 9 heteroatoms. The number of hydrogen-bond acceptors (Lipinski definition) is 5. The quantitative estimate of drug-likeness (QED) is 0.145. The van der Waals surface area contributed by atoms with Crippen molar-refractivity contribution in [2.75, 3.05) is 12.9 Å². The number of amidine groups is 1. The number of H-pyrrole nitrogens is 1. The summed E-state index contributed by atoms with van der Waals surface area (Å²) >= 11 is 2.01. The van der Waals surface area contributed by atoms with Crippen LogP contribution >= 0.6 is 22.1 Å². The lowest BCUT2D eigenvalue weighted by atomic mass is 10.1. The predicted molar refractivity (Wildman–Crippen MR) is 146 cm³/mol. The summed E-state index contributed by atoms with van der Waals surface area (Å²) in [5, 5.41) is 9.44. The van der Waals surface area contributed by atoms with E-state index in [-0.39, 0.29) is 12.2 Å². The van der Waals surface area contributed by atoms with Crippen molar-refractivity contribution in [1.29, 1.82) is 5.41 Å². The summed E-state index contributed by atoms with van der Waals surface area (Å²) in [6.45, 7) is 18.1. The summed E-state index contributed by atoms with van der Waals surface area (Å²) in [5.41, 5.74) is 7.45. The van der Waals surface area contributed by atoms with Gasteiger partial charge in [-0.25, -0.2) is 9.88 Å². The normalized spacial score (nSPS) is 20.0. The van der Waals surface area contributed by atoms with Gasteiger partial charge in [-0.1, -0.05) is 65.7 Å².